The molecule has 3 rings (SSSR count). The predicted molar refractivity (Wildman–Crippen MR) is 80.4 cm³/mol. The summed E-state index contributed by atoms with van der Waals surface area (Å²) in [5, 5.41) is 7.56. The summed E-state index contributed by atoms with van der Waals surface area (Å²) in [4.78, 5) is 4.62. The van der Waals surface area contributed by atoms with E-state index in [0.29, 0.717) is 18.3 Å². The third-order valence-corrected chi connectivity index (χ3v) is 3.97. The molecule has 112 valence electrons. The zero-order valence-corrected chi connectivity index (χ0v) is 12.6. The van der Waals surface area contributed by atoms with E-state index >= 15 is 0 Å². The lowest BCUT2D eigenvalue weighted by Crippen LogP contribution is -2.41. The monoisotopic (exact) mass is 287 g/mol. The van der Waals surface area contributed by atoms with Crippen molar-refractivity contribution in [3.8, 4) is 17.1 Å². The van der Waals surface area contributed by atoms with Crippen LogP contribution in [-0.4, -0.2) is 29.8 Å². The summed E-state index contributed by atoms with van der Waals surface area (Å²) in [6.07, 6.45) is 2.19. The van der Waals surface area contributed by atoms with Crippen LogP contribution < -0.4 is 10.1 Å². The smallest absolute Gasteiger partial charge is 0.234 e. The Morgan fingerprint density at radius 3 is 3.00 bits per heavy atom. The van der Waals surface area contributed by atoms with Crippen LogP contribution in [0.4, 0.5) is 0 Å². The van der Waals surface area contributed by atoms with Gasteiger partial charge in [0.05, 0.1) is 17.6 Å². The molecule has 1 aromatic heterocycles. The molecule has 0 bridgehead atoms. The van der Waals surface area contributed by atoms with Crippen LogP contribution >= 0.6 is 0 Å². The Balaban J connectivity index is 1.91. The molecule has 1 atom stereocenters. The first-order chi connectivity index (χ1) is 10.2. The highest BCUT2D eigenvalue weighted by molar-refractivity contribution is 5.63. The third-order valence-electron chi connectivity index (χ3n) is 3.97. The molecule has 1 aliphatic rings. The minimum absolute atomic E-state index is 0.0793. The van der Waals surface area contributed by atoms with Gasteiger partial charge in [-0.1, -0.05) is 17.3 Å². The van der Waals surface area contributed by atoms with Crippen molar-refractivity contribution in [1.82, 2.24) is 15.5 Å². The van der Waals surface area contributed by atoms with Crippen LogP contribution in [-0.2, 0) is 5.41 Å². The van der Waals surface area contributed by atoms with Crippen LogP contribution in [0.3, 0.4) is 0 Å². The first kappa shape index (κ1) is 14.1. The van der Waals surface area contributed by atoms with Gasteiger partial charge in [0.2, 0.25) is 11.7 Å². The molecule has 1 unspecified atom stereocenters. The van der Waals surface area contributed by atoms with Crippen molar-refractivity contribution in [2.45, 2.75) is 32.1 Å². The number of rotatable bonds is 4. The van der Waals surface area contributed by atoms with Gasteiger partial charge in [-0.3, -0.25) is 0 Å². The molecule has 0 aliphatic carbocycles. The summed E-state index contributed by atoms with van der Waals surface area (Å²) >= 11 is 0. The number of hydrogen-bond donors (Lipinski definition) is 1. The maximum atomic E-state index is 5.64. The Labute approximate surface area is 124 Å². The van der Waals surface area contributed by atoms with E-state index in [1.54, 1.807) is 0 Å². The molecule has 2 aromatic rings. The normalized spacial score (nSPS) is 22.2. The number of nitrogens with one attached hydrogen (secondary N) is 1. The quantitative estimate of drug-likeness (QED) is 0.937. The Bertz CT molecular complexity index is 603. The van der Waals surface area contributed by atoms with Gasteiger partial charge >= 0.3 is 0 Å². The van der Waals surface area contributed by atoms with Gasteiger partial charge in [-0.2, -0.15) is 4.98 Å². The zero-order valence-electron chi connectivity index (χ0n) is 12.6. The van der Waals surface area contributed by atoms with E-state index in [1.807, 2.05) is 31.2 Å². The van der Waals surface area contributed by atoms with Crippen molar-refractivity contribution in [1.29, 1.82) is 0 Å². The Morgan fingerprint density at radius 2 is 2.24 bits per heavy atom. The van der Waals surface area contributed by atoms with Crippen molar-refractivity contribution in [2.75, 3.05) is 19.7 Å². The summed E-state index contributed by atoms with van der Waals surface area (Å²) in [6, 6.07) is 7.79. The minimum Gasteiger partial charge on any atom is -0.493 e. The molecule has 1 aromatic carbocycles. The third kappa shape index (κ3) is 2.78. The van der Waals surface area contributed by atoms with Gasteiger partial charge in [-0.25, -0.2) is 0 Å². The Kier molecular flexibility index (Phi) is 3.92. The van der Waals surface area contributed by atoms with E-state index in [-0.39, 0.29) is 5.41 Å². The number of para-hydroxylation sites is 1. The van der Waals surface area contributed by atoms with E-state index in [2.05, 4.69) is 22.4 Å². The van der Waals surface area contributed by atoms with Gasteiger partial charge in [0.15, 0.2) is 0 Å². The molecule has 0 saturated carbocycles. The molecule has 1 saturated heterocycles. The summed E-state index contributed by atoms with van der Waals surface area (Å²) in [7, 11) is 0. The molecule has 1 fully saturated rings. The minimum atomic E-state index is -0.0793. The summed E-state index contributed by atoms with van der Waals surface area (Å²) in [6.45, 7) is 6.69. The number of nitrogens with zero attached hydrogens (tertiary/aromatic N) is 2. The molecule has 1 N–H and O–H groups in total. The second kappa shape index (κ2) is 5.85. The van der Waals surface area contributed by atoms with Crippen LogP contribution in [0, 0.1) is 0 Å². The molecular formula is C16H21N3O2. The van der Waals surface area contributed by atoms with Crippen molar-refractivity contribution in [3.05, 3.63) is 30.2 Å². The molecule has 2 heterocycles. The van der Waals surface area contributed by atoms with Gasteiger partial charge in [-0.15, -0.1) is 0 Å². The maximum Gasteiger partial charge on any atom is 0.234 e. The second-order valence-corrected chi connectivity index (χ2v) is 5.69. The summed E-state index contributed by atoms with van der Waals surface area (Å²) < 4.78 is 11.2. The summed E-state index contributed by atoms with van der Waals surface area (Å²) in [5.74, 6) is 2.09. The molecule has 0 spiro atoms. The Hall–Kier alpha value is -1.88. The van der Waals surface area contributed by atoms with Gasteiger partial charge < -0.3 is 14.6 Å². The van der Waals surface area contributed by atoms with Crippen LogP contribution in [0.15, 0.2) is 28.8 Å². The fourth-order valence-corrected chi connectivity index (χ4v) is 2.75. The fraction of sp³-hybridized carbons (Fsp3) is 0.500. The zero-order chi connectivity index (χ0) is 14.7. The number of piperidine rings is 1. The first-order valence-corrected chi connectivity index (χ1v) is 7.50. The van der Waals surface area contributed by atoms with Crippen LogP contribution in [0.25, 0.3) is 11.4 Å². The maximum absolute atomic E-state index is 5.64. The van der Waals surface area contributed by atoms with E-state index in [4.69, 9.17) is 9.26 Å². The average molecular weight is 287 g/mol. The fourth-order valence-electron chi connectivity index (χ4n) is 2.75. The van der Waals surface area contributed by atoms with Crippen LogP contribution in [0.5, 0.6) is 5.75 Å². The summed E-state index contributed by atoms with van der Waals surface area (Å²) in [5.41, 5.74) is 0.797. The van der Waals surface area contributed by atoms with Crippen molar-refractivity contribution in [3.63, 3.8) is 0 Å². The second-order valence-electron chi connectivity index (χ2n) is 5.69. The van der Waals surface area contributed by atoms with Gasteiger partial charge in [-0.05, 0) is 45.4 Å². The lowest BCUT2D eigenvalue weighted by atomic mass is 9.83. The van der Waals surface area contributed by atoms with Gasteiger partial charge in [0.25, 0.3) is 0 Å². The first-order valence-electron chi connectivity index (χ1n) is 7.50. The lowest BCUT2D eigenvalue weighted by molar-refractivity contribution is 0.245. The molecule has 21 heavy (non-hydrogen) atoms. The molecule has 0 amide bonds. The van der Waals surface area contributed by atoms with Crippen molar-refractivity contribution >= 4 is 0 Å². The van der Waals surface area contributed by atoms with E-state index in [0.717, 1.165) is 37.2 Å². The SMILES string of the molecule is CCOc1ccccc1-c1noc(C2(C)CCCNC2)n1. The molecule has 1 aliphatic heterocycles. The lowest BCUT2D eigenvalue weighted by Gasteiger charge is -2.30. The van der Waals surface area contributed by atoms with Crippen molar-refractivity contribution in [2.24, 2.45) is 0 Å². The number of hydrogen-bond acceptors (Lipinski definition) is 5. The van der Waals surface area contributed by atoms with Gasteiger partial charge in [0.1, 0.15) is 5.75 Å². The van der Waals surface area contributed by atoms with Crippen LogP contribution in [0.2, 0.25) is 0 Å². The molecule has 5 nitrogen and oxygen atoms in total. The molecular weight excluding hydrogens is 266 g/mol. The largest absolute Gasteiger partial charge is 0.493 e. The number of benzene rings is 1. The molecule has 0 radical (unpaired) electrons. The average Bonchev–Trinajstić information content (AvgIpc) is 2.99. The van der Waals surface area contributed by atoms with E-state index in [9.17, 15) is 0 Å². The topological polar surface area (TPSA) is 60.2 Å². The highest BCUT2D eigenvalue weighted by Gasteiger charge is 2.34. The van der Waals surface area contributed by atoms with Gasteiger partial charge in [0, 0.05) is 6.54 Å². The standard InChI is InChI=1S/C16H21N3O2/c1-3-20-13-8-5-4-7-12(13)14-18-15(21-19-14)16(2)9-6-10-17-11-16/h4-5,7-8,17H,3,6,9-11H2,1-2H3. The highest BCUT2D eigenvalue weighted by Crippen LogP contribution is 2.33. The number of aromatic nitrogens is 2. The van der Waals surface area contributed by atoms with Crippen LogP contribution in [0.1, 0.15) is 32.6 Å². The number of ether oxygens (including phenoxy) is 1. The van der Waals surface area contributed by atoms with E-state index < -0.39 is 0 Å². The Morgan fingerprint density at radius 1 is 1.38 bits per heavy atom. The van der Waals surface area contributed by atoms with Crippen molar-refractivity contribution < 1.29 is 9.26 Å². The molecule has 5 heteroatoms. The highest BCUT2D eigenvalue weighted by atomic mass is 16.5. The van der Waals surface area contributed by atoms with E-state index in [1.165, 1.54) is 0 Å². The predicted octanol–water partition coefficient (Wildman–Crippen LogP) is 2.78.